The van der Waals surface area contributed by atoms with Gasteiger partial charge in [0.05, 0.1) is 13.0 Å². The molecule has 0 saturated carbocycles. The third-order valence-corrected chi connectivity index (χ3v) is 3.70. The van der Waals surface area contributed by atoms with E-state index in [4.69, 9.17) is 4.74 Å². The lowest BCUT2D eigenvalue weighted by molar-refractivity contribution is -0.143. The Kier molecular flexibility index (Phi) is 6.22. The van der Waals surface area contributed by atoms with E-state index in [1.165, 1.54) is 4.88 Å². The van der Waals surface area contributed by atoms with Crippen molar-refractivity contribution < 1.29 is 9.53 Å². The van der Waals surface area contributed by atoms with Gasteiger partial charge in [0.2, 0.25) is 0 Å². The highest BCUT2D eigenvalue weighted by molar-refractivity contribution is 7.09. The summed E-state index contributed by atoms with van der Waals surface area (Å²) in [5.74, 6) is -0.109. The van der Waals surface area contributed by atoms with Crippen LogP contribution in [-0.2, 0) is 16.0 Å². The zero-order chi connectivity index (χ0) is 12.7. The SMILES string of the molecule is CCOC(=O)CCN(C)C(C)Cc1cccs1. The second-order valence-electron chi connectivity index (χ2n) is 4.17. The van der Waals surface area contributed by atoms with Gasteiger partial charge in [0, 0.05) is 17.5 Å². The third kappa shape index (κ3) is 5.33. The lowest BCUT2D eigenvalue weighted by atomic mass is 10.2. The number of thiophene rings is 1. The molecule has 17 heavy (non-hydrogen) atoms. The van der Waals surface area contributed by atoms with Crippen LogP contribution in [0.1, 0.15) is 25.1 Å². The summed E-state index contributed by atoms with van der Waals surface area (Å²) >= 11 is 1.78. The Hall–Kier alpha value is -0.870. The summed E-state index contributed by atoms with van der Waals surface area (Å²) in [6, 6.07) is 4.68. The molecule has 0 radical (unpaired) electrons. The summed E-state index contributed by atoms with van der Waals surface area (Å²) in [4.78, 5) is 14.8. The van der Waals surface area contributed by atoms with Crippen molar-refractivity contribution >= 4 is 17.3 Å². The summed E-state index contributed by atoms with van der Waals surface area (Å²) < 4.78 is 4.91. The Morgan fingerprint density at radius 3 is 2.94 bits per heavy atom. The normalized spacial score (nSPS) is 12.7. The maximum Gasteiger partial charge on any atom is 0.307 e. The van der Waals surface area contributed by atoms with Gasteiger partial charge in [-0.25, -0.2) is 0 Å². The van der Waals surface area contributed by atoms with E-state index in [1.807, 2.05) is 6.92 Å². The minimum absolute atomic E-state index is 0.109. The maximum atomic E-state index is 11.2. The number of ether oxygens (including phenoxy) is 1. The standard InChI is InChI=1S/C13H21NO2S/c1-4-16-13(15)7-8-14(3)11(2)10-12-6-5-9-17-12/h5-6,9,11H,4,7-8,10H2,1-3H3. The molecule has 1 aromatic rings. The fourth-order valence-corrected chi connectivity index (χ4v) is 2.42. The molecule has 0 spiro atoms. The first-order chi connectivity index (χ1) is 8.13. The van der Waals surface area contributed by atoms with Crippen molar-refractivity contribution in [1.82, 2.24) is 4.90 Å². The van der Waals surface area contributed by atoms with E-state index < -0.39 is 0 Å². The molecule has 0 bridgehead atoms. The van der Waals surface area contributed by atoms with Crippen LogP contribution in [0.25, 0.3) is 0 Å². The van der Waals surface area contributed by atoms with E-state index in [9.17, 15) is 4.79 Å². The van der Waals surface area contributed by atoms with E-state index in [1.54, 1.807) is 11.3 Å². The first-order valence-electron chi connectivity index (χ1n) is 6.01. The van der Waals surface area contributed by atoms with Crippen molar-refractivity contribution in [1.29, 1.82) is 0 Å². The van der Waals surface area contributed by atoms with Crippen LogP contribution in [0.5, 0.6) is 0 Å². The average molecular weight is 255 g/mol. The average Bonchev–Trinajstić information content (AvgIpc) is 2.79. The van der Waals surface area contributed by atoms with Gasteiger partial charge in [-0.3, -0.25) is 4.79 Å². The fraction of sp³-hybridized carbons (Fsp3) is 0.615. The monoisotopic (exact) mass is 255 g/mol. The van der Waals surface area contributed by atoms with Crippen molar-refractivity contribution in [2.75, 3.05) is 20.2 Å². The molecule has 4 heteroatoms. The predicted molar refractivity (Wildman–Crippen MR) is 71.4 cm³/mol. The molecular weight excluding hydrogens is 234 g/mol. The van der Waals surface area contributed by atoms with Gasteiger partial charge in [0.15, 0.2) is 0 Å². The summed E-state index contributed by atoms with van der Waals surface area (Å²) in [5, 5.41) is 2.10. The molecule has 1 aromatic heterocycles. The van der Waals surface area contributed by atoms with Crippen molar-refractivity contribution in [2.45, 2.75) is 32.7 Å². The molecule has 0 fully saturated rings. The van der Waals surface area contributed by atoms with Crippen LogP contribution in [0.15, 0.2) is 17.5 Å². The minimum atomic E-state index is -0.109. The van der Waals surface area contributed by atoms with Crippen LogP contribution < -0.4 is 0 Å². The Balaban J connectivity index is 2.27. The summed E-state index contributed by atoms with van der Waals surface area (Å²) in [6.45, 7) is 5.24. The number of rotatable bonds is 7. The molecule has 1 atom stereocenters. The second-order valence-corrected chi connectivity index (χ2v) is 5.20. The largest absolute Gasteiger partial charge is 0.466 e. The predicted octanol–water partition coefficient (Wildman–Crippen LogP) is 2.56. The Morgan fingerprint density at radius 1 is 1.59 bits per heavy atom. The molecule has 1 unspecified atom stereocenters. The van der Waals surface area contributed by atoms with Crippen LogP contribution in [0.3, 0.4) is 0 Å². The van der Waals surface area contributed by atoms with Gasteiger partial charge in [-0.15, -0.1) is 11.3 Å². The summed E-state index contributed by atoms with van der Waals surface area (Å²) in [7, 11) is 2.05. The first-order valence-corrected chi connectivity index (χ1v) is 6.89. The number of nitrogens with zero attached hydrogens (tertiary/aromatic N) is 1. The highest BCUT2D eigenvalue weighted by atomic mass is 32.1. The number of esters is 1. The van der Waals surface area contributed by atoms with E-state index >= 15 is 0 Å². The highest BCUT2D eigenvalue weighted by Crippen LogP contribution is 2.13. The van der Waals surface area contributed by atoms with E-state index in [0.717, 1.165) is 13.0 Å². The van der Waals surface area contributed by atoms with Gasteiger partial charge in [-0.1, -0.05) is 6.07 Å². The molecule has 1 heterocycles. The van der Waals surface area contributed by atoms with E-state index in [0.29, 0.717) is 19.1 Å². The quantitative estimate of drug-likeness (QED) is 0.701. The highest BCUT2D eigenvalue weighted by Gasteiger charge is 2.12. The van der Waals surface area contributed by atoms with Crippen LogP contribution >= 0.6 is 11.3 Å². The Bertz CT molecular complexity index is 324. The number of carbonyl (C=O) groups excluding carboxylic acids is 1. The Morgan fingerprint density at radius 2 is 2.35 bits per heavy atom. The smallest absolute Gasteiger partial charge is 0.307 e. The van der Waals surface area contributed by atoms with Crippen LogP contribution in [-0.4, -0.2) is 37.1 Å². The van der Waals surface area contributed by atoms with Crippen molar-refractivity contribution in [3.8, 4) is 0 Å². The molecular formula is C13H21NO2S. The van der Waals surface area contributed by atoms with Gasteiger partial charge in [-0.05, 0) is 38.8 Å². The molecule has 0 aliphatic carbocycles. The topological polar surface area (TPSA) is 29.5 Å². The fourth-order valence-electron chi connectivity index (χ4n) is 1.60. The van der Waals surface area contributed by atoms with Gasteiger partial charge in [-0.2, -0.15) is 0 Å². The molecule has 0 N–H and O–H groups in total. The number of likely N-dealkylation sites (N-methyl/N-ethyl adjacent to an activating group) is 1. The third-order valence-electron chi connectivity index (χ3n) is 2.80. The van der Waals surface area contributed by atoms with Gasteiger partial charge < -0.3 is 9.64 Å². The Labute approximate surface area is 107 Å². The molecule has 0 amide bonds. The van der Waals surface area contributed by atoms with Crippen LogP contribution in [0.2, 0.25) is 0 Å². The lowest BCUT2D eigenvalue weighted by Crippen LogP contribution is -2.32. The molecule has 1 rings (SSSR count). The van der Waals surface area contributed by atoms with Crippen molar-refractivity contribution in [3.63, 3.8) is 0 Å². The van der Waals surface area contributed by atoms with Gasteiger partial charge in [0.1, 0.15) is 0 Å². The number of hydrogen-bond acceptors (Lipinski definition) is 4. The molecule has 3 nitrogen and oxygen atoms in total. The van der Waals surface area contributed by atoms with Gasteiger partial charge in [0.25, 0.3) is 0 Å². The summed E-state index contributed by atoms with van der Waals surface area (Å²) in [5.41, 5.74) is 0. The first kappa shape index (κ1) is 14.2. The maximum absolute atomic E-state index is 11.2. The van der Waals surface area contributed by atoms with E-state index in [-0.39, 0.29) is 5.97 Å². The minimum Gasteiger partial charge on any atom is -0.466 e. The van der Waals surface area contributed by atoms with Crippen molar-refractivity contribution in [2.24, 2.45) is 0 Å². The van der Waals surface area contributed by atoms with Gasteiger partial charge >= 0.3 is 5.97 Å². The van der Waals surface area contributed by atoms with Crippen molar-refractivity contribution in [3.05, 3.63) is 22.4 Å². The number of carbonyl (C=O) groups is 1. The summed E-state index contributed by atoms with van der Waals surface area (Å²) in [6.07, 6.45) is 1.51. The molecule has 0 aliphatic heterocycles. The second kappa shape index (κ2) is 7.45. The lowest BCUT2D eigenvalue weighted by Gasteiger charge is -2.23. The molecule has 0 aliphatic rings. The van der Waals surface area contributed by atoms with Crippen LogP contribution in [0, 0.1) is 0 Å². The molecule has 0 aromatic carbocycles. The zero-order valence-corrected chi connectivity index (χ0v) is 11.6. The van der Waals surface area contributed by atoms with Crippen LogP contribution in [0.4, 0.5) is 0 Å². The molecule has 96 valence electrons. The molecule has 0 saturated heterocycles. The zero-order valence-electron chi connectivity index (χ0n) is 10.8. The van der Waals surface area contributed by atoms with E-state index in [2.05, 4.69) is 36.4 Å². The number of hydrogen-bond donors (Lipinski definition) is 0.